The molecule has 2 aromatic carbocycles. The van der Waals surface area contributed by atoms with Crippen molar-refractivity contribution in [2.24, 2.45) is 0 Å². The Morgan fingerprint density at radius 1 is 0.615 bits per heavy atom. The third kappa shape index (κ3) is 4.18. The molecule has 0 saturated carbocycles. The van der Waals surface area contributed by atoms with E-state index in [4.69, 9.17) is 0 Å². The molecule has 0 aliphatic rings. The fraction of sp³-hybridized carbons (Fsp3) is 0.294. The second-order valence-corrected chi connectivity index (χ2v) is 5.76. The van der Waals surface area contributed by atoms with Crippen molar-refractivity contribution in [1.82, 2.24) is 0 Å². The number of para-hydroxylation sites is 1. The zero-order valence-electron chi connectivity index (χ0n) is 15.1. The van der Waals surface area contributed by atoms with Crippen LogP contribution in [0.1, 0.15) is 27.8 Å². The van der Waals surface area contributed by atoms with Crippen LogP contribution in [-0.2, 0) is 0 Å². The molecule has 0 N–H and O–H groups in total. The molecule has 0 aliphatic heterocycles. The highest BCUT2D eigenvalue weighted by Gasteiger charge is 2.27. The third-order valence-corrected chi connectivity index (χ3v) is 4.22. The molecule has 9 heteroatoms. The van der Waals surface area contributed by atoms with Crippen molar-refractivity contribution in [2.45, 2.75) is 34.6 Å². The molecule has 0 fully saturated rings. The Morgan fingerprint density at radius 3 is 1.19 bits per heavy atom. The number of nitrogens with zero attached hydrogens (tertiary/aromatic N) is 3. The minimum atomic E-state index is -0.492. The van der Waals surface area contributed by atoms with Gasteiger partial charge >= 0.3 is 0 Å². The maximum atomic E-state index is 10.9. The van der Waals surface area contributed by atoms with Crippen LogP contribution in [0.5, 0.6) is 0 Å². The van der Waals surface area contributed by atoms with Gasteiger partial charge in [-0.2, -0.15) is 0 Å². The first kappa shape index (κ1) is 20.7. The van der Waals surface area contributed by atoms with Crippen LogP contribution < -0.4 is 0 Å². The molecular weight excluding hydrogens is 342 g/mol. The third-order valence-electron chi connectivity index (χ3n) is 4.22. The number of benzene rings is 2. The van der Waals surface area contributed by atoms with Crippen LogP contribution in [-0.4, -0.2) is 14.8 Å². The molecule has 0 spiro atoms. The Labute approximate surface area is 149 Å². The first-order chi connectivity index (χ1) is 12.0. The van der Waals surface area contributed by atoms with E-state index in [1.54, 1.807) is 25.1 Å². The standard InChI is InChI=1S/C10H12N2O4.C7H7NO2/c1-5-6(2)10(12(15)16)8(4)7(3)9(5)11(13)14;1-6-4-2-3-5-7(6)8(9)10/h1-4H3;2-5H,1H3. The average molecular weight is 361 g/mol. The van der Waals surface area contributed by atoms with Crippen LogP contribution in [0, 0.1) is 65.0 Å². The monoisotopic (exact) mass is 361 g/mol. The van der Waals surface area contributed by atoms with Crippen LogP contribution >= 0.6 is 0 Å². The molecule has 0 heterocycles. The van der Waals surface area contributed by atoms with Crippen LogP contribution in [0.2, 0.25) is 0 Å². The minimum Gasteiger partial charge on any atom is -0.258 e. The van der Waals surface area contributed by atoms with Gasteiger partial charge in [-0.15, -0.1) is 0 Å². The summed E-state index contributed by atoms with van der Waals surface area (Å²) >= 11 is 0. The van der Waals surface area contributed by atoms with Crippen LogP contribution in [0.3, 0.4) is 0 Å². The van der Waals surface area contributed by atoms with Crippen molar-refractivity contribution in [3.05, 3.63) is 82.4 Å². The molecule has 0 aromatic heterocycles. The summed E-state index contributed by atoms with van der Waals surface area (Å²) < 4.78 is 0. The maximum Gasteiger partial charge on any atom is 0.276 e. The zero-order valence-corrected chi connectivity index (χ0v) is 15.1. The molecule has 0 atom stereocenters. The van der Waals surface area contributed by atoms with Crippen molar-refractivity contribution in [3.63, 3.8) is 0 Å². The number of hydrogen-bond acceptors (Lipinski definition) is 6. The summed E-state index contributed by atoms with van der Waals surface area (Å²) in [6.45, 7) is 7.86. The van der Waals surface area contributed by atoms with Gasteiger partial charge in [-0.1, -0.05) is 18.2 Å². The van der Waals surface area contributed by atoms with Crippen LogP contribution in [0.25, 0.3) is 0 Å². The van der Waals surface area contributed by atoms with Crippen LogP contribution in [0.15, 0.2) is 24.3 Å². The van der Waals surface area contributed by atoms with E-state index in [9.17, 15) is 30.3 Å². The van der Waals surface area contributed by atoms with Gasteiger partial charge in [0.05, 0.1) is 14.8 Å². The smallest absolute Gasteiger partial charge is 0.258 e. The predicted octanol–water partition coefficient (Wildman–Crippen LogP) is 4.64. The molecule has 0 saturated heterocycles. The fourth-order valence-corrected chi connectivity index (χ4v) is 2.59. The molecule has 0 unspecified atom stereocenters. The summed E-state index contributed by atoms with van der Waals surface area (Å²) in [5, 5.41) is 32.0. The first-order valence-electron chi connectivity index (χ1n) is 7.59. The van der Waals surface area contributed by atoms with E-state index in [0.717, 1.165) is 0 Å². The number of hydrogen-bond donors (Lipinski definition) is 0. The number of rotatable bonds is 3. The summed E-state index contributed by atoms with van der Waals surface area (Å²) in [6, 6.07) is 6.65. The molecule has 2 rings (SSSR count). The maximum absolute atomic E-state index is 10.9. The first-order valence-corrected chi connectivity index (χ1v) is 7.59. The summed E-state index contributed by atoms with van der Waals surface area (Å²) in [7, 11) is 0. The SMILES string of the molecule is Cc1c(C)c([N+](=O)[O-])c(C)c(C)c1[N+](=O)[O-].Cc1ccccc1[N+](=O)[O-]. The van der Waals surface area contributed by atoms with Gasteiger partial charge in [0.2, 0.25) is 0 Å². The van der Waals surface area contributed by atoms with E-state index in [1.165, 1.54) is 33.8 Å². The molecule has 9 nitrogen and oxygen atoms in total. The number of aryl methyl sites for hydroxylation is 1. The molecule has 0 radical (unpaired) electrons. The van der Waals surface area contributed by atoms with Gasteiger partial charge < -0.3 is 0 Å². The van der Waals surface area contributed by atoms with Gasteiger partial charge in [-0.3, -0.25) is 30.3 Å². The molecule has 138 valence electrons. The van der Waals surface area contributed by atoms with Crippen LogP contribution in [0.4, 0.5) is 17.1 Å². The summed E-state index contributed by atoms with van der Waals surface area (Å²) in [4.78, 5) is 30.6. The topological polar surface area (TPSA) is 129 Å². The molecular formula is C17H19N3O6. The predicted molar refractivity (Wildman–Crippen MR) is 96.5 cm³/mol. The Balaban J connectivity index is 0.000000289. The van der Waals surface area contributed by atoms with Crippen molar-refractivity contribution >= 4 is 17.1 Å². The lowest BCUT2D eigenvalue weighted by atomic mass is 9.96. The van der Waals surface area contributed by atoms with Crippen molar-refractivity contribution in [2.75, 3.05) is 0 Å². The summed E-state index contributed by atoms with van der Waals surface area (Å²) in [6.07, 6.45) is 0. The Kier molecular flexibility index (Phi) is 6.48. The van der Waals surface area contributed by atoms with Gasteiger partial charge in [-0.05, 0) is 34.6 Å². The van der Waals surface area contributed by atoms with Crippen molar-refractivity contribution < 1.29 is 14.8 Å². The normalized spacial score (nSPS) is 9.88. The largest absolute Gasteiger partial charge is 0.276 e. The highest BCUT2D eigenvalue weighted by atomic mass is 16.6. The second-order valence-electron chi connectivity index (χ2n) is 5.76. The molecule has 0 aliphatic carbocycles. The minimum absolute atomic E-state index is 0.0272. The lowest BCUT2D eigenvalue weighted by Crippen LogP contribution is -2.04. The lowest BCUT2D eigenvalue weighted by Gasteiger charge is -2.09. The average Bonchev–Trinajstić information content (AvgIpc) is 2.53. The van der Waals surface area contributed by atoms with E-state index >= 15 is 0 Å². The number of nitro groups is 3. The molecule has 0 amide bonds. The Morgan fingerprint density at radius 2 is 0.962 bits per heavy atom. The molecule has 26 heavy (non-hydrogen) atoms. The second kappa shape index (κ2) is 8.15. The lowest BCUT2D eigenvalue weighted by molar-refractivity contribution is -0.390. The van der Waals surface area contributed by atoms with E-state index in [1.807, 2.05) is 0 Å². The molecule has 2 aromatic rings. The van der Waals surface area contributed by atoms with Gasteiger partial charge in [0.15, 0.2) is 0 Å². The van der Waals surface area contributed by atoms with Crippen molar-refractivity contribution in [3.8, 4) is 0 Å². The van der Waals surface area contributed by atoms with Crippen molar-refractivity contribution in [1.29, 1.82) is 0 Å². The van der Waals surface area contributed by atoms with E-state index in [2.05, 4.69) is 0 Å². The summed E-state index contributed by atoms with van der Waals surface area (Å²) in [5.41, 5.74) is 2.27. The fourth-order valence-electron chi connectivity index (χ4n) is 2.59. The highest BCUT2D eigenvalue weighted by Crippen LogP contribution is 2.36. The quantitative estimate of drug-likeness (QED) is 0.578. The van der Waals surface area contributed by atoms with E-state index in [0.29, 0.717) is 27.8 Å². The van der Waals surface area contributed by atoms with Gasteiger partial charge in [-0.25, -0.2) is 0 Å². The van der Waals surface area contributed by atoms with Gasteiger partial charge in [0.25, 0.3) is 17.1 Å². The van der Waals surface area contributed by atoms with E-state index in [-0.39, 0.29) is 22.0 Å². The zero-order chi connectivity index (χ0) is 20.2. The Hall–Kier alpha value is -3.36. The highest BCUT2D eigenvalue weighted by molar-refractivity contribution is 5.64. The Bertz CT molecular complexity index is 818. The summed E-state index contributed by atoms with van der Waals surface area (Å²) in [5.74, 6) is 0. The number of nitro benzene ring substituents is 3. The van der Waals surface area contributed by atoms with Gasteiger partial charge in [0, 0.05) is 33.9 Å². The molecule has 0 bridgehead atoms. The van der Waals surface area contributed by atoms with Gasteiger partial charge in [0.1, 0.15) is 0 Å². The van der Waals surface area contributed by atoms with E-state index < -0.39 is 9.85 Å².